The molecule has 0 radical (unpaired) electrons. The fraction of sp³-hybridized carbons (Fsp3) is 0.409. The highest BCUT2D eigenvalue weighted by Gasteiger charge is 2.24. The summed E-state index contributed by atoms with van der Waals surface area (Å²) in [5.41, 5.74) is 1.01. The van der Waals surface area contributed by atoms with Crippen LogP contribution in [0.3, 0.4) is 0 Å². The maximum absolute atomic E-state index is 12.4. The molecule has 2 aromatic carbocycles. The Balaban J connectivity index is 1.55. The van der Waals surface area contributed by atoms with Crippen molar-refractivity contribution in [1.82, 2.24) is 4.90 Å². The van der Waals surface area contributed by atoms with E-state index in [4.69, 9.17) is 9.47 Å². The number of hydrogen-bond acceptors (Lipinski definition) is 4. The first-order valence-corrected chi connectivity index (χ1v) is 10.3. The van der Waals surface area contributed by atoms with Crippen LogP contribution in [0.1, 0.15) is 31.2 Å². The van der Waals surface area contributed by atoms with Gasteiger partial charge in [-0.15, -0.1) is 0 Å². The zero-order valence-electron chi connectivity index (χ0n) is 15.5. The molecule has 0 bridgehead atoms. The Labute approximate surface area is 169 Å². The van der Waals surface area contributed by atoms with Crippen molar-refractivity contribution >= 4 is 21.9 Å². The summed E-state index contributed by atoms with van der Waals surface area (Å²) in [7, 11) is 0. The van der Waals surface area contributed by atoms with Gasteiger partial charge < -0.3 is 9.47 Å². The summed E-state index contributed by atoms with van der Waals surface area (Å²) in [4.78, 5) is 14.8. The molecule has 1 unspecified atom stereocenters. The molecule has 2 aromatic rings. The number of halogens is 1. The van der Waals surface area contributed by atoms with E-state index >= 15 is 0 Å². The van der Waals surface area contributed by atoms with Gasteiger partial charge in [0, 0.05) is 4.47 Å². The van der Waals surface area contributed by atoms with Gasteiger partial charge in [0.2, 0.25) is 0 Å². The number of likely N-dealkylation sites (tertiary alicyclic amines) is 1. The van der Waals surface area contributed by atoms with Gasteiger partial charge in [-0.1, -0.05) is 52.7 Å². The van der Waals surface area contributed by atoms with E-state index < -0.39 is 0 Å². The SMILES string of the molecule is O=C(CC(COc1ccc(Br)cc1)N1CCCCC1)OCc1ccccc1. The highest BCUT2D eigenvalue weighted by atomic mass is 79.9. The molecule has 1 saturated heterocycles. The average Bonchev–Trinajstić information content (AvgIpc) is 2.72. The van der Waals surface area contributed by atoms with E-state index in [1.807, 2.05) is 54.6 Å². The predicted octanol–water partition coefficient (Wildman–Crippen LogP) is 4.82. The van der Waals surface area contributed by atoms with E-state index in [0.717, 1.165) is 28.9 Å². The highest BCUT2D eigenvalue weighted by Crippen LogP contribution is 2.19. The van der Waals surface area contributed by atoms with Gasteiger partial charge in [-0.3, -0.25) is 9.69 Å². The summed E-state index contributed by atoms with van der Waals surface area (Å²) in [6.07, 6.45) is 3.96. The molecule has 0 saturated carbocycles. The van der Waals surface area contributed by atoms with Crippen LogP contribution < -0.4 is 4.74 Å². The minimum Gasteiger partial charge on any atom is -0.492 e. The van der Waals surface area contributed by atoms with Crippen molar-refractivity contribution < 1.29 is 14.3 Å². The second-order valence-electron chi connectivity index (χ2n) is 6.87. The summed E-state index contributed by atoms with van der Waals surface area (Å²) in [6.45, 7) is 2.84. The second-order valence-corrected chi connectivity index (χ2v) is 7.78. The van der Waals surface area contributed by atoms with Crippen LogP contribution in [0.15, 0.2) is 59.1 Å². The summed E-state index contributed by atoms with van der Waals surface area (Å²) < 4.78 is 12.5. The van der Waals surface area contributed by atoms with Crippen LogP contribution in [-0.2, 0) is 16.1 Å². The number of nitrogens with zero attached hydrogens (tertiary/aromatic N) is 1. The Kier molecular flexibility index (Phi) is 7.72. The standard InChI is InChI=1S/C22H26BrNO3/c23-19-9-11-21(12-10-19)26-17-20(24-13-5-2-6-14-24)15-22(25)27-16-18-7-3-1-4-8-18/h1,3-4,7-12,20H,2,5-6,13-17H2. The van der Waals surface area contributed by atoms with E-state index in [0.29, 0.717) is 19.6 Å². The number of piperidine rings is 1. The monoisotopic (exact) mass is 431 g/mol. The van der Waals surface area contributed by atoms with Crippen molar-refractivity contribution in [3.05, 3.63) is 64.6 Å². The first kappa shape index (κ1) is 19.9. The molecule has 5 heteroatoms. The van der Waals surface area contributed by atoms with Crippen LogP contribution in [0.2, 0.25) is 0 Å². The quantitative estimate of drug-likeness (QED) is 0.561. The third-order valence-corrected chi connectivity index (χ3v) is 5.34. The summed E-state index contributed by atoms with van der Waals surface area (Å²) in [5, 5.41) is 0. The molecular formula is C22H26BrNO3. The van der Waals surface area contributed by atoms with E-state index in [2.05, 4.69) is 20.8 Å². The number of esters is 1. The van der Waals surface area contributed by atoms with Gasteiger partial charge in [-0.2, -0.15) is 0 Å². The molecule has 144 valence electrons. The number of ether oxygens (including phenoxy) is 2. The lowest BCUT2D eigenvalue weighted by Gasteiger charge is -2.33. The third kappa shape index (κ3) is 6.67. The molecule has 1 heterocycles. The van der Waals surface area contributed by atoms with Crippen molar-refractivity contribution in [2.45, 2.75) is 38.3 Å². The second kappa shape index (κ2) is 10.5. The van der Waals surface area contributed by atoms with Crippen LogP contribution in [0, 0.1) is 0 Å². The van der Waals surface area contributed by atoms with Crippen molar-refractivity contribution in [3.63, 3.8) is 0 Å². The molecule has 1 aliphatic heterocycles. The van der Waals surface area contributed by atoms with Gasteiger partial charge in [-0.25, -0.2) is 0 Å². The molecule has 0 aromatic heterocycles. The molecule has 0 spiro atoms. The highest BCUT2D eigenvalue weighted by molar-refractivity contribution is 9.10. The smallest absolute Gasteiger partial charge is 0.307 e. The van der Waals surface area contributed by atoms with Gasteiger partial charge in [0.05, 0.1) is 12.5 Å². The van der Waals surface area contributed by atoms with Crippen LogP contribution in [-0.4, -0.2) is 36.6 Å². The molecule has 1 aliphatic rings. The summed E-state index contributed by atoms with van der Waals surface area (Å²) in [5.74, 6) is 0.645. The van der Waals surface area contributed by atoms with Crippen LogP contribution in [0.25, 0.3) is 0 Å². The molecule has 0 N–H and O–H groups in total. The minimum atomic E-state index is -0.172. The summed E-state index contributed by atoms with van der Waals surface area (Å²) >= 11 is 3.43. The largest absolute Gasteiger partial charge is 0.492 e. The number of carbonyl (C=O) groups excluding carboxylic acids is 1. The molecule has 0 aliphatic carbocycles. The van der Waals surface area contributed by atoms with Crippen molar-refractivity contribution in [2.24, 2.45) is 0 Å². The maximum atomic E-state index is 12.4. The van der Waals surface area contributed by atoms with E-state index in [-0.39, 0.29) is 12.0 Å². The normalized spacial score (nSPS) is 15.9. The molecule has 27 heavy (non-hydrogen) atoms. The number of rotatable bonds is 8. The van der Waals surface area contributed by atoms with Gasteiger partial charge in [-0.05, 0) is 55.8 Å². The predicted molar refractivity (Wildman–Crippen MR) is 110 cm³/mol. The Morgan fingerprint density at radius 1 is 1.00 bits per heavy atom. The lowest BCUT2D eigenvalue weighted by Crippen LogP contribution is -2.44. The Hall–Kier alpha value is -1.85. The minimum absolute atomic E-state index is 0.0391. The Morgan fingerprint density at radius 2 is 1.70 bits per heavy atom. The summed E-state index contributed by atoms with van der Waals surface area (Å²) in [6, 6.07) is 17.6. The number of hydrogen-bond donors (Lipinski definition) is 0. The van der Waals surface area contributed by atoms with E-state index in [1.54, 1.807) is 0 Å². The number of benzene rings is 2. The molecule has 1 atom stereocenters. The van der Waals surface area contributed by atoms with Crippen molar-refractivity contribution in [3.8, 4) is 5.75 Å². The fourth-order valence-electron chi connectivity index (χ4n) is 3.29. The molecule has 1 fully saturated rings. The third-order valence-electron chi connectivity index (χ3n) is 4.81. The Bertz CT molecular complexity index is 699. The van der Waals surface area contributed by atoms with E-state index in [1.165, 1.54) is 19.3 Å². The fourth-order valence-corrected chi connectivity index (χ4v) is 3.55. The van der Waals surface area contributed by atoms with Crippen LogP contribution >= 0.6 is 15.9 Å². The van der Waals surface area contributed by atoms with Crippen LogP contribution in [0.5, 0.6) is 5.75 Å². The molecule has 3 rings (SSSR count). The average molecular weight is 432 g/mol. The Morgan fingerprint density at radius 3 is 2.41 bits per heavy atom. The zero-order chi connectivity index (χ0) is 18.9. The van der Waals surface area contributed by atoms with Gasteiger partial charge >= 0.3 is 5.97 Å². The molecule has 4 nitrogen and oxygen atoms in total. The lowest BCUT2D eigenvalue weighted by molar-refractivity contribution is -0.146. The van der Waals surface area contributed by atoms with Crippen LogP contribution in [0.4, 0.5) is 0 Å². The van der Waals surface area contributed by atoms with Gasteiger partial charge in [0.1, 0.15) is 19.0 Å². The molecular weight excluding hydrogens is 406 g/mol. The maximum Gasteiger partial charge on any atom is 0.307 e. The van der Waals surface area contributed by atoms with Gasteiger partial charge in [0.15, 0.2) is 0 Å². The first-order valence-electron chi connectivity index (χ1n) is 9.53. The van der Waals surface area contributed by atoms with Gasteiger partial charge in [0.25, 0.3) is 0 Å². The van der Waals surface area contributed by atoms with Crippen molar-refractivity contribution in [2.75, 3.05) is 19.7 Å². The molecule has 0 amide bonds. The topological polar surface area (TPSA) is 38.8 Å². The van der Waals surface area contributed by atoms with Crippen molar-refractivity contribution in [1.29, 1.82) is 0 Å². The van der Waals surface area contributed by atoms with E-state index in [9.17, 15) is 4.79 Å². The first-order chi connectivity index (χ1) is 13.2. The number of carbonyl (C=O) groups is 1. The zero-order valence-corrected chi connectivity index (χ0v) is 17.1. The lowest BCUT2D eigenvalue weighted by atomic mass is 10.1.